The van der Waals surface area contributed by atoms with Gasteiger partial charge in [-0.05, 0) is 0 Å². The van der Waals surface area contributed by atoms with E-state index >= 15 is 0 Å². The Hall–Kier alpha value is -0.817. The molecule has 0 aromatic carbocycles. The summed E-state index contributed by atoms with van der Waals surface area (Å²) < 4.78 is 0. The molecule has 2 rings (SSSR count). The largest absolute Gasteiger partial charge is 2.00 e. The summed E-state index contributed by atoms with van der Waals surface area (Å²) in [6, 6.07) is 5.74. The molecule has 2 heterocycles. The maximum Gasteiger partial charge on any atom is 2.00 e. The van der Waals surface area contributed by atoms with Gasteiger partial charge in [0, 0.05) is 0 Å². The maximum atomic E-state index is 2.96. The minimum atomic E-state index is 0. The van der Waals surface area contributed by atoms with Gasteiger partial charge in [0.15, 0.2) is 0 Å². The van der Waals surface area contributed by atoms with E-state index in [2.05, 4.69) is 29.3 Å². The molecule has 3 heteroatoms. The number of hydrogen-bond acceptors (Lipinski definition) is 0. The van der Waals surface area contributed by atoms with Gasteiger partial charge in [-0.25, -0.2) is 0 Å². The Kier molecular flexibility index (Phi) is 7.32. The molecule has 0 radical (unpaired) electrons. The summed E-state index contributed by atoms with van der Waals surface area (Å²) in [4.78, 5) is 5.59. The van der Waals surface area contributed by atoms with Gasteiger partial charge in [0.25, 0.3) is 0 Å². The van der Waals surface area contributed by atoms with Gasteiger partial charge >= 0.3 is 19.5 Å². The van der Waals surface area contributed by atoms with Crippen molar-refractivity contribution >= 4 is 0 Å². The minimum absolute atomic E-state index is 0. The van der Waals surface area contributed by atoms with Crippen LogP contribution in [0.5, 0.6) is 0 Å². The van der Waals surface area contributed by atoms with Crippen LogP contribution in [0.2, 0.25) is 0 Å². The van der Waals surface area contributed by atoms with Gasteiger partial charge < -0.3 is 9.97 Å². The van der Waals surface area contributed by atoms with Gasteiger partial charge in [-0.1, -0.05) is 13.3 Å². The topological polar surface area (TPSA) is 31.6 Å². The SMILES string of the molecule is CCc1[c-][nH]cc1.[Ru+2].[c-]1ccc[nH]1. The molecule has 0 bridgehead atoms. The fourth-order valence-electron chi connectivity index (χ4n) is 0.765. The Morgan fingerprint density at radius 1 is 1.31 bits per heavy atom. The van der Waals surface area contributed by atoms with Crippen LogP contribution < -0.4 is 0 Å². The monoisotopic (exact) mass is 262 g/mol. The zero-order valence-corrected chi connectivity index (χ0v) is 9.19. The Labute approximate surface area is 91.5 Å². The third-order valence-electron chi connectivity index (χ3n) is 1.42. The van der Waals surface area contributed by atoms with Crippen LogP contribution in [0.4, 0.5) is 0 Å². The van der Waals surface area contributed by atoms with Gasteiger partial charge in [-0.3, -0.25) is 0 Å². The third kappa shape index (κ3) is 5.43. The van der Waals surface area contributed by atoms with E-state index in [4.69, 9.17) is 0 Å². The van der Waals surface area contributed by atoms with Crippen LogP contribution in [-0.4, -0.2) is 9.97 Å². The van der Waals surface area contributed by atoms with Crippen molar-refractivity contribution in [2.45, 2.75) is 13.3 Å². The summed E-state index contributed by atoms with van der Waals surface area (Å²) in [6.45, 7) is 2.11. The van der Waals surface area contributed by atoms with E-state index in [1.54, 1.807) is 0 Å². The number of nitrogens with one attached hydrogen (secondary N) is 2. The number of hydrogen-bond donors (Lipinski definition) is 2. The van der Waals surface area contributed by atoms with Crippen LogP contribution in [0.3, 0.4) is 0 Å². The molecule has 0 saturated heterocycles. The fourth-order valence-corrected chi connectivity index (χ4v) is 0.765. The predicted octanol–water partition coefficient (Wildman–Crippen LogP) is 2.19. The first-order valence-corrected chi connectivity index (χ1v) is 3.97. The van der Waals surface area contributed by atoms with Crippen LogP contribution in [-0.2, 0) is 25.9 Å². The standard InChI is InChI=1S/C6H8N.C4H4N.Ru/c1-2-6-3-4-7-5-6;1-2-4-5-3-1;/h3-4,7H,2H2,1H3;1-3,5H;/q2*-1;+2. The molecule has 70 valence electrons. The Balaban J connectivity index is 0.000000215. The molecular weight excluding hydrogens is 249 g/mol. The van der Waals surface area contributed by atoms with Crippen LogP contribution in [0, 0.1) is 12.4 Å². The Morgan fingerprint density at radius 3 is 2.38 bits per heavy atom. The second-order valence-corrected chi connectivity index (χ2v) is 2.30. The minimum Gasteiger partial charge on any atom is -0.484 e. The Bertz CT molecular complexity index is 244. The molecule has 2 aromatic rings. The number of H-pyrrole nitrogens is 2. The molecule has 0 spiro atoms. The van der Waals surface area contributed by atoms with E-state index in [9.17, 15) is 0 Å². The van der Waals surface area contributed by atoms with Crippen molar-refractivity contribution in [1.29, 1.82) is 0 Å². The van der Waals surface area contributed by atoms with Crippen molar-refractivity contribution in [1.82, 2.24) is 9.97 Å². The van der Waals surface area contributed by atoms with Crippen molar-refractivity contribution in [3.05, 3.63) is 48.5 Å². The molecule has 0 atom stereocenters. The van der Waals surface area contributed by atoms with Crippen molar-refractivity contribution in [2.24, 2.45) is 0 Å². The summed E-state index contributed by atoms with van der Waals surface area (Å²) in [5.41, 5.74) is 1.25. The number of aromatic nitrogens is 2. The predicted molar refractivity (Wildman–Crippen MR) is 48.6 cm³/mol. The zero-order valence-electron chi connectivity index (χ0n) is 7.45. The van der Waals surface area contributed by atoms with E-state index in [0.717, 1.165) is 6.42 Å². The molecule has 2 aromatic heterocycles. The average molecular weight is 261 g/mol. The van der Waals surface area contributed by atoms with Gasteiger partial charge in [-0.2, -0.15) is 36.2 Å². The first-order valence-electron chi connectivity index (χ1n) is 3.97. The average Bonchev–Trinajstić information content (AvgIpc) is 2.81. The molecule has 2 N–H and O–H groups in total. The molecule has 0 aliphatic rings. The van der Waals surface area contributed by atoms with Crippen LogP contribution in [0.1, 0.15) is 12.5 Å². The van der Waals surface area contributed by atoms with E-state index in [0.29, 0.717) is 0 Å². The molecule has 0 saturated carbocycles. The van der Waals surface area contributed by atoms with Crippen molar-refractivity contribution in [3.8, 4) is 0 Å². The molecule has 0 amide bonds. The molecule has 0 aliphatic carbocycles. The number of aromatic amines is 2. The summed E-state index contributed by atoms with van der Waals surface area (Å²) in [5, 5.41) is 0. The normalized spacial score (nSPS) is 8.08. The van der Waals surface area contributed by atoms with E-state index in [1.165, 1.54) is 5.56 Å². The molecule has 0 fully saturated rings. The van der Waals surface area contributed by atoms with E-state index < -0.39 is 0 Å². The van der Waals surface area contributed by atoms with Gasteiger partial charge in [0.1, 0.15) is 0 Å². The zero-order chi connectivity index (χ0) is 8.65. The van der Waals surface area contributed by atoms with Gasteiger partial charge in [0.05, 0.1) is 0 Å². The van der Waals surface area contributed by atoms with Crippen molar-refractivity contribution < 1.29 is 19.5 Å². The second kappa shape index (κ2) is 7.81. The van der Waals surface area contributed by atoms with Crippen molar-refractivity contribution in [2.75, 3.05) is 0 Å². The summed E-state index contributed by atoms with van der Waals surface area (Å²) in [7, 11) is 0. The summed E-state index contributed by atoms with van der Waals surface area (Å²) >= 11 is 0. The van der Waals surface area contributed by atoms with E-state index in [1.807, 2.05) is 30.6 Å². The molecule has 13 heavy (non-hydrogen) atoms. The number of aryl methyl sites for hydroxylation is 1. The second-order valence-electron chi connectivity index (χ2n) is 2.30. The fraction of sp³-hybridized carbons (Fsp3) is 0.200. The summed E-state index contributed by atoms with van der Waals surface area (Å²) in [5.74, 6) is 0. The van der Waals surface area contributed by atoms with Crippen LogP contribution >= 0.6 is 0 Å². The third-order valence-corrected chi connectivity index (χ3v) is 1.42. The molecule has 2 nitrogen and oxygen atoms in total. The molecule has 0 aliphatic heterocycles. The van der Waals surface area contributed by atoms with Crippen molar-refractivity contribution in [3.63, 3.8) is 0 Å². The van der Waals surface area contributed by atoms with Gasteiger partial charge in [0.2, 0.25) is 0 Å². The quantitative estimate of drug-likeness (QED) is 0.582. The number of rotatable bonds is 1. The van der Waals surface area contributed by atoms with Crippen LogP contribution in [0.25, 0.3) is 0 Å². The Morgan fingerprint density at radius 2 is 2.15 bits per heavy atom. The first kappa shape index (κ1) is 12.2. The summed E-state index contributed by atoms with van der Waals surface area (Å²) in [6.07, 6.45) is 10.5. The molecular formula is C10H12N2Ru. The smallest absolute Gasteiger partial charge is 0.484 e. The van der Waals surface area contributed by atoms with Crippen LogP contribution in [0.15, 0.2) is 30.6 Å². The van der Waals surface area contributed by atoms with E-state index in [-0.39, 0.29) is 19.5 Å². The maximum absolute atomic E-state index is 2.96. The van der Waals surface area contributed by atoms with Gasteiger partial charge in [-0.15, -0.1) is 12.4 Å². The first-order chi connectivity index (χ1) is 5.93. The molecule has 0 unspecified atom stereocenters.